The van der Waals surface area contributed by atoms with Crippen molar-refractivity contribution in [2.75, 3.05) is 0 Å². The number of para-hydroxylation sites is 1. The van der Waals surface area contributed by atoms with Gasteiger partial charge in [-0.25, -0.2) is 5.43 Å². The average molecular weight is 398 g/mol. The van der Waals surface area contributed by atoms with Crippen molar-refractivity contribution < 1.29 is 4.79 Å². The molecule has 0 aliphatic rings. The number of hydrogen-bond acceptors (Lipinski definition) is 2. The Bertz CT molecular complexity index is 720. The summed E-state index contributed by atoms with van der Waals surface area (Å²) in [6.45, 7) is 2.27. The Balaban J connectivity index is 1.42. The number of nitrogens with zero attached hydrogens (tertiary/aromatic N) is 1. The SMILES string of the molecule is CCCCCCCCCCCCCCCC(=O)N/N=C/c1c[nH]c2ccccc12. The molecule has 0 bridgehead atoms. The van der Waals surface area contributed by atoms with E-state index in [0.29, 0.717) is 6.42 Å². The van der Waals surface area contributed by atoms with Crippen molar-refractivity contribution in [2.45, 2.75) is 96.8 Å². The van der Waals surface area contributed by atoms with E-state index in [-0.39, 0.29) is 5.91 Å². The molecule has 29 heavy (non-hydrogen) atoms. The Labute approximate surface area is 176 Å². The van der Waals surface area contributed by atoms with Gasteiger partial charge in [-0.1, -0.05) is 102 Å². The van der Waals surface area contributed by atoms with Crippen molar-refractivity contribution in [3.05, 3.63) is 36.0 Å². The topological polar surface area (TPSA) is 57.2 Å². The lowest BCUT2D eigenvalue weighted by atomic mass is 10.0. The summed E-state index contributed by atoms with van der Waals surface area (Å²) < 4.78 is 0. The molecule has 0 aliphatic heterocycles. The predicted octanol–water partition coefficient (Wildman–Crippen LogP) is 7.10. The van der Waals surface area contributed by atoms with Crippen molar-refractivity contribution >= 4 is 23.0 Å². The van der Waals surface area contributed by atoms with Gasteiger partial charge in [0.05, 0.1) is 6.21 Å². The van der Waals surface area contributed by atoms with Crippen LogP contribution in [0.5, 0.6) is 0 Å². The summed E-state index contributed by atoms with van der Waals surface area (Å²) in [4.78, 5) is 15.1. The zero-order valence-electron chi connectivity index (χ0n) is 18.2. The van der Waals surface area contributed by atoms with Gasteiger partial charge in [0.1, 0.15) is 0 Å². The van der Waals surface area contributed by atoms with Crippen molar-refractivity contribution in [3.8, 4) is 0 Å². The maximum atomic E-state index is 11.9. The van der Waals surface area contributed by atoms with Gasteiger partial charge in [-0.15, -0.1) is 0 Å². The molecule has 0 saturated heterocycles. The summed E-state index contributed by atoms with van der Waals surface area (Å²) in [5, 5.41) is 5.21. The van der Waals surface area contributed by atoms with Gasteiger partial charge in [0.25, 0.3) is 0 Å². The predicted molar refractivity (Wildman–Crippen MR) is 124 cm³/mol. The number of nitrogens with one attached hydrogen (secondary N) is 2. The molecule has 0 unspecified atom stereocenters. The van der Waals surface area contributed by atoms with Crippen molar-refractivity contribution in [1.82, 2.24) is 10.4 Å². The summed E-state index contributed by atoms with van der Waals surface area (Å²) in [5.41, 5.74) is 4.71. The minimum atomic E-state index is 0.00386. The molecule has 4 heteroatoms. The molecular formula is C25H39N3O. The van der Waals surface area contributed by atoms with E-state index in [1.807, 2.05) is 30.5 Å². The highest BCUT2D eigenvalue weighted by molar-refractivity contribution is 5.99. The van der Waals surface area contributed by atoms with Crippen LogP contribution < -0.4 is 5.43 Å². The van der Waals surface area contributed by atoms with Gasteiger partial charge >= 0.3 is 0 Å². The number of amides is 1. The van der Waals surface area contributed by atoms with Crippen LogP contribution in [0.2, 0.25) is 0 Å². The quantitative estimate of drug-likeness (QED) is 0.177. The molecule has 2 rings (SSSR count). The van der Waals surface area contributed by atoms with Crippen LogP contribution in [0.1, 0.15) is 102 Å². The molecule has 1 amide bonds. The molecular weight excluding hydrogens is 358 g/mol. The molecule has 1 aromatic heterocycles. The van der Waals surface area contributed by atoms with Gasteiger partial charge in [0.2, 0.25) is 5.91 Å². The Morgan fingerprint density at radius 3 is 2.14 bits per heavy atom. The van der Waals surface area contributed by atoms with Crippen LogP contribution in [0, 0.1) is 0 Å². The fraction of sp³-hybridized carbons (Fsp3) is 0.600. The first kappa shape index (κ1) is 23.2. The molecule has 0 aliphatic carbocycles. The number of hydrogen-bond donors (Lipinski definition) is 2. The van der Waals surface area contributed by atoms with E-state index in [1.165, 1.54) is 70.6 Å². The number of aromatic amines is 1. The maximum absolute atomic E-state index is 11.9. The second-order valence-electron chi connectivity index (χ2n) is 8.08. The molecule has 2 N–H and O–H groups in total. The van der Waals surface area contributed by atoms with E-state index in [0.717, 1.165) is 29.3 Å². The van der Waals surface area contributed by atoms with Crippen LogP contribution in [-0.4, -0.2) is 17.1 Å². The van der Waals surface area contributed by atoms with Crippen molar-refractivity contribution in [3.63, 3.8) is 0 Å². The van der Waals surface area contributed by atoms with Gasteiger partial charge in [-0.3, -0.25) is 4.79 Å². The zero-order valence-corrected chi connectivity index (χ0v) is 18.2. The molecule has 160 valence electrons. The fourth-order valence-corrected chi connectivity index (χ4v) is 3.73. The zero-order chi connectivity index (χ0) is 20.6. The lowest BCUT2D eigenvalue weighted by Crippen LogP contribution is -2.16. The van der Waals surface area contributed by atoms with E-state index in [1.54, 1.807) is 6.21 Å². The highest BCUT2D eigenvalue weighted by atomic mass is 16.2. The summed E-state index contributed by atoms with van der Waals surface area (Å²) in [6, 6.07) is 8.07. The summed E-state index contributed by atoms with van der Waals surface area (Å²) in [5.74, 6) is 0.00386. The third-order valence-electron chi connectivity index (χ3n) is 5.52. The molecule has 0 spiro atoms. The van der Waals surface area contributed by atoms with E-state index in [4.69, 9.17) is 0 Å². The second-order valence-corrected chi connectivity index (χ2v) is 8.08. The lowest BCUT2D eigenvalue weighted by Gasteiger charge is -2.03. The molecule has 2 aromatic rings. The fourth-order valence-electron chi connectivity index (χ4n) is 3.73. The molecule has 1 heterocycles. The molecule has 0 saturated carbocycles. The van der Waals surface area contributed by atoms with E-state index < -0.39 is 0 Å². The molecule has 1 aromatic carbocycles. The number of aromatic nitrogens is 1. The van der Waals surface area contributed by atoms with Crippen LogP contribution >= 0.6 is 0 Å². The Morgan fingerprint density at radius 1 is 0.897 bits per heavy atom. The molecule has 4 nitrogen and oxygen atoms in total. The normalized spacial score (nSPS) is 11.5. The Kier molecular flexibility index (Phi) is 11.9. The number of rotatable bonds is 16. The van der Waals surface area contributed by atoms with Gasteiger partial charge in [-0.2, -0.15) is 5.10 Å². The van der Waals surface area contributed by atoms with E-state index >= 15 is 0 Å². The number of unbranched alkanes of at least 4 members (excludes halogenated alkanes) is 12. The van der Waals surface area contributed by atoms with Crippen molar-refractivity contribution in [2.24, 2.45) is 5.10 Å². The smallest absolute Gasteiger partial charge is 0.240 e. The van der Waals surface area contributed by atoms with Crippen LogP contribution in [-0.2, 0) is 4.79 Å². The van der Waals surface area contributed by atoms with Gasteiger partial charge in [0.15, 0.2) is 0 Å². The summed E-state index contributed by atoms with van der Waals surface area (Å²) in [6.07, 6.45) is 21.3. The monoisotopic (exact) mass is 397 g/mol. The van der Waals surface area contributed by atoms with Gasteiger partial charge in [0, 0.05) is 29.1 Å². The standard InChI is InChI=1S/C25H39N3O/c1-2-3-4-5-6-7-8-9-10-11-12-13-14-19-25(29)28-27-21-22-20-26-24-18-16-15-17-23(22)24/h15-18,20-21,26H,2-14,19H2,1H3,(H,28,29)/b27-21+. The first-order chi connectivity index (χ1) is 14.3. The van der Waals surface area contributed by atoms with Crippen LogP contribution in [0.3, 0.4) is 0 Å². The lowest BCUT2D eigenvalue weighted by molar-refractivity contribution is -0.121. The highest BCUT2D eigenvalue weighted by Gasteiger charge is 2.02. The first-order valence-electron chi connectivity index (χ1n) is 11.7. The maximum Gasteiger partial charge on any atom is 0.240 e. The molecule has 0 fully saturated rings. The summed E-state index contributed by atoms with van der Waals surface area (Å²) >= 11 is 0. The third-order valence-corrected chi connectivity index (χ3v) is 5.52. The van der Waals surface area contributed by atoms with Gasteiger partial charge < -0.3 is 4.98 Å². The largest absolute Gasteiger partial charge is 0.361 e. The first-order valence-corrected chi connectivity index (χ1v) is 11.7. The van der Waals surface area contributed by atoms with Crippen LogP contribution in [0.25, 0.3) is 10.9 Å². The Morgan fingerprint density at radius 2 is 1.48 bits per heavy atom. The molecule has 0 radical (unpaired) electrons. The van der Waals surface area contributed by atoms with E-state index in [9.17, 15) is 4.79 Å². The second kappa shape index (κ2) is 14.8. The molecule has 0 atom stereocenters. The number of carbonyl (C=O) groups excluding carboxylic acids is 1. The van der Waals surface area contributed by atoms with Crippen LogP contribution in [0.4, 0.5) is 0 Å². The minimum Gasteiger partial charge on any atom is -0.361 e. The number of benzene rings is 1. The average Bonchev–Trinajstić information content (AvgIpc) is 3.15. The number of H-pyrrole nitrogens is 1. The third kappa shape index (κ3) is 9.78. The number of fused-ring (bicyclic) bond motifs is 1. The highest BCUT2D eigenvalue weighted by Crippen LogP contribution is 2.15. The number of hydrazone groups is 1. The summed E-state index contributed by atoms with van der Waals surface area (Å²) in [7, 11) is 0. The van der Waals surface area contributed by atoms with E-state index in [2.05, 4.69) is 22.4 Å². The Hall–Kier alpha value is -2.10. The minimum absolute atomic E-state index is 0.00386. The van der Waals surface area contributed by atoms with Crippen LogP contribution in [0.15, 0.2) is 35.6 Å². The van der Waals surface area contributed by atoms with Crippen molar-refractivity contribution in [1.29, 1.82) is 0 Å². The van der Waals surface area contributed by atoms with Gasteiger partial charge in [-0.05, 0) is 12.5 Å². The number of carbonyl (C=O) groups is 1.